The van der Waals surface area contributed by atoms with Crippen molar-refractivity contribution < 1.29 is 0 Å². The van der Waals surface area contributed by atoms with Gasteiger partial charge in [-0.3, -0.25) is 9.36 Å². The summed E-state index contributed by atoms with van der Waals surface area (Å²) >= 11 is 2.94. The van der Waals surface area contributed by atoms with Crippen LogP contribution in [0.5, 0.6) is 0 Å². The molecule has 0 atom stereocenters. The largest absolute Gasteiger partial charge is 0.326 e. The van der Waals surface area contributed by atoms with E-state index in [0.29, 0.717) is 23.6 Å². The highest BCUT2D eigenvalue weighted by Crippen LogP contribution is 2.23. The minimum Gasteiger partial charge on any atom is -0.326 e. The maximum absolute atomic E-state index is 12.3. The molecule has 4 nitrogen and oxygen atoms in total. The van der Waals surface area contributed by atoms with Gasteiger partial charge in [0, 0.05) is 18.0 Å². The topological polar surface area (TPSA) is 60.9 Å². The number of hydrogen-bond acceptors (Lipinski definition) is 5. The molecule has 0 saturated heterocycles. The fraction of sp³-hybridized carbons (Fsp3) is 0.273. The Kier molecular flexibility index (Phi) is 3.66. The molecule has 0 aliphatic rings. The van der Waals surface area contributed by atoms with Crippen LogP contribution in [0.4, 0.5) is 0 Å². The third-order valence-corrected chi connectivity index (χ3v) is 4.09. The molecule has 0 spiro atoms. The Bertz CT molecular complexity index is 615. The normalized spacial score (nSPS) is 10.9. The fourth-order valence-corrected chi connectivity index (χ4v) is 3.11. The van der Waals surface area contributed by atoms with Gasteiger partial charge in [-0.1, -0.05) is 17.8 Å². The number of aromatic nitrogens is 2. The summed E-state index contributed by atoms with van der Waals surface area (Å²) in [6.45, 7) is 4.58. The summed E-state index contributed by atoms with van der Waals surface area (Å²) in [4.78, 5) is 18.5. The summed E-state index contributed by atoms with van der Waals surface area (Å²) in [6, 6.07) is 1.83. The van der Waals surface area contributed by atoms with Crippen molar-refractivity contribution in [1.29, 1.82) is 0 Å². The predicted octanol–water partition coefficient (Wildman–Crippen LogP) is 1.82. The Morgan fingerprint density at radius 3 is 3.06 bits per heavy atom. The van der Waals surface area contributed by atoms with E-state index in [4.69, 9.17) is 5.73 Å². The van der Waals surface area contributed by atoms with Crippen molar-refractivity contribution in [3.05, 3.63) is 34.0 Å². The first-order valence-electron chi connectivity index (χ1n) is 5.09. The molecule has 2 aromatic rings. The third-order valence-electron chi connectivity index (χ3n) is 2.36. The quantitative estimate of drug-likeness (QED) is 0.521. The maximum atomic E-state index is 12.3. The first-order chi connectivity index (χ1) is 8.21. The molecule has 0 bridgehead atoms. The number of nitrogens with zero attached hydrogens (tertiary/aromatic N) is 2. The van der Waals surface area contributed by atoms with Crippen LogP contribution in [-0.4, -0.2) is 15.8 Å². The Hall–Kier alpha value is -1.11. The van der Waals surface area contributed by atoms with Gasteiger partial charge >= 0.3 is 0 Å². The Balaban J connectivity index is 2.75. The van der Waals surface area contributed by atoms with Gasteiger partial charge in [0.1, 0.15) is 4.83 Å². The van der Waals surface area contributed by atoms with Gasteiger partial charge in [-0.05, 0) is 12.3 Å². The van der Waals surface area contributed by atoms with E-state index in [1.54, 1.807) is 10.6 Å². The lowest BCUT2D eigenvalue weighted by molar-refractivity contribution is 0.674. The number of nitrogens with two attached hydrogens (primary N) is 1. The van der Waals surface area contributed by atoms with Crippen LogP contribution in [0.3, 0.4) is 0 Å². The van der Waals surface area contributed by atoms with Gasteiger partial charge in [0.2, 0.25) is 0 Å². The van der Waals surface area contributed by atoms with Gasteiger partial charge in [-0.25, -0.2) is 4.98 Å². The molecule has 6 heteroatoms. The van der Waals surface area contributed by atoms with Crippen molar-refractivity contribution in [1.82, 2.24) is 9.55 Å². The molecule has 0 aliphatic carbocycles. The van der Waals surface area contributed by atoms with Gasteiger partial charge in [0.15, 0.2) is 5.16 Å². The highest BCUT2D eigenvalue weighted by Gasteiger charge is 2.12. The zero-order valence-corrected chi connectivity index (χ0v) is 11.1. The maximum Gasteiger partial charge on any atom is 0.263 e. The summed E-state index contributed by atoms with van der Waals surface area (Å²) in [5.41, 5.74) is 5.57. The zero-order valence-electron chi connectivity index (χ0n) is 9.47. The smallest absolute Gasteiger partial charge is 0.263 e. The molecule has 0 fully saturated rings. The average Bonchev–Trinajstić information content (AvgIpc) is 2.76. The van der Waals surface area contributed by atoms with Crippen LogP contribution >= 0.6 is 23.1 Å². The second-order valence-corrected chi connectivity index (χ2v) is 5.33. The number of hydrogen-bond donors (Lipinski definition) is 1. The van der Waals surface area contributed by atoms with Crippen LogP contribution in [0, 0.1) is 0 Å². The van der Waals surface area contributed by atoms with E-state index in [0.717, 1.165) is 9.71 Å². The summed E-state index contributed by atoms with van der Waals surface area (Å²) in [5, 5.41) is 1.36. The van der Waals surface area contributed by atoms with Crippen molar-refractivity contribution in [2.75, 3.05) is 6.26 Å². The van der Waals surface area contributed by atoms with Crippen molar-refractivity contribution in [2.45, 2.75) is 18.2 Å². The molecule has 0 aliphatic heterocycles. The highest BCUT2D eigenvalue weighted by atomic mass is 32.2. The number of fused-ring (bicyclic) bond motifs is 1. The molecule has 2 rings (SSSR count). The van der Waals surface area contributed by atoms with Gasteiger partial charge < -0.3 is 5.73 Å². The minimum atomic E-state index is -0.0183. The van der Waals surface area contributed by atoms with Crippen LogP contribution in [-0.2, 0) is 13.1 Å². The first-order valence-corrected chi connectivity index (χ1v) is 7.13. The SMILES string of the molecule is C=CCn1c(SC)nc2sc(CN)cc2c1=O. The molecule has 0 amide bonds. The monoisotopic (exact) mass is 267 g/mol. The van der Waals surface area contributed by atoms with E-state index in [2.05, 4.69) is 11.6 Å². The van der Waals surface area contributed by atoms with Crippen LogP contribution < -0.4 is 11.3 Å². The van der Waals surface area contributed by atoms with Gasteiger partial charge in [-0.15, -0.1) is 17.9 Å². The third kappa shape index (κ3) is 2.15. The lowest BCUT2D eigenvalue weighted by Gasteiger charge is -2.07. The number of rotatable bonds is 4. The van der Waals surface area contributed by atoms with E-state index in [-0.39, 0.29) is 5.56 Å². The summed E-state index contributed by atoms with van der Waals surface area (Å²) in [7, 11) is 0. The van der Waals surface area contributed by atoms with Gasteiger partial charge in [0.25, 0.3) is 5.56 Å². The molecule has 17 heavy (non-hydrogen) atoms. The summed E-state index contributed by atoms with van der Waals surface area (Å²) in [6.07, 6.45) is 3.61. The van der Waals surface area contributed by atoms with Gasteiger partial charge in [-0.2, -0.15) is 0 Å². The fourth-order valence-electron chi connectivity index (χ4n) is 1.59. The van der Waals surface area contributed by atoms with Gasteiger partial charge in [0.05, 0.1) is 5.39 Å². The number of thiophene rings is 1. The van der Waals surface area contributed by atoms with E-state index < -0.39 is 0 Å². The molecule has 2 aromatic heterocycles. The minimum absolute atomic E-state index is 0.0183. The van der Waals surface area contributed by atoms with Crippen LogP contribution in [0.1, 0.15) is 4.88 Å². The Morgan fingerprint density at radius 2 is 2.47 bits per heavy atom. The molecule has 0 radical (unpaired) electrons. The zero-order chi connectivity index (χ0) is 12.4. The van der Waals surface area contributed by atoms with Crippen molar-refractivity contribution in [2.24, 2.45) is 5.73 Å². The number of thioether (sulfide) groups is 1. The van der Waals surface area contributed by atoms with Crippen LogP contribution in [0.25, 0.3) is 10.2 Å². The summed E-state index contributed by atoms with van der Waals surface area (Å²) in [5.74, 6) is 0. The first kappa shape index (κ1) is 12.3. The van der Waals surface area contributed by atoms with E-state index in [1.807, 2.05) is 12.3 Å². The van der Waals surface area contributed by atoms with Crippen molar-refractivity contribution in [3.63, 3.8) is 0 Å². The number of allylic oxidation sites excluding steroid dienone is 1. The van der Waals surface area contributed by atoms with Crippen molar-refractivity contribution in [3.8, 4) is 0 Å². The molecular weight excluding hydrogens is 254 g/mol. The molecule has 0 aromatic carbocycles. The second kappa shape index (κ2) is 5.03. The lowest BCUT2D eigenvalue weighted by atomic mass is 10.3. The van der Waals surface area contributed by atoms with Crippen LogP contribution in [0.15, 0.2) is 28.7 Å². The lowest BCUT2D eigenvalue weighted by Crippen LogP contribution is -2.21. The molecule has 2 heterocycles. The molecule has 0 saturated carbocycles. The molecule has 90 valence electrons. The van der Waals surface area contributed by atoms with E-state index >= 15 is 0 Å². The molecule has 2 N–H and O–H groups in total. The van der Waals surface area contributed by atoms with Crippen molar-refractivity contribution >= 4 is 33.3 Å². The van der Waals surface area contributed by atoms with E-state index in [1.165, 1.54) is 23.1 Å². The van der Waals surface area contributed by atoms with E-state index in [9.17, 15) is 4.79 Å². The van der Waals surface area contributed by atoms with Crippen LogP contribution in [0.2, 0.25) is 0 Å². The molecule has 0 unspecified atom stereocenters. The average molecular weight is 267 g/mol. The second-order valence-electron chi connectivity index (χ2n) is 3.44. The molecular formula is C11H13N3OS2. The Morgan fingerprint density at radius 1 is 1.71 bits per heavy atom. The summed E-state index contributed by atoms with van der Waals surface area (Å²) < 4.78 is 1.63. The predicted molar refractivity (Wildman–Crippen MR) is 73.7 cm³/mol. The highest BCUT2D eigenvalue weighted by molar-refractivity contribution is 7.98. The Labute approximate surface area is 107 Å². The standard InChI is InChI=1S/C11H13N3OS2/c1-3-4-14-10(15)8-5-7(6-12)17-9(8)13-11(14)16-2/h3,5H,1,4,6,12H2,2H3.